The first-order valence-electron chi connectivity index (χ1n) is 4.99. The van der Waals surface area contributed by atoms with Gasteiger partial charge in [-0.25, -0.2) is 4.98 Å². The van der Waals surface area contributed by atoms with Crippen molar-refractivity contribution in [2.45, 2.75) is 19.4 Å². The molecular formula is C10H19N3S. The number of nitrogens with zero attached hydrogens (tertiary/aromatic N) is 2. The summed E-state index contributed by atoms with van der Waals surface area (Å²) in [6.07, 6.45) is 8.47. The van der Waals surface area contributed by atoms with Crippen molar-refractivity contribution in [3.63, 3.8) is 0 Å². The van der Waals surface area contributed by atoms with E-state index in [2.05, 4.69) is 21.1 Å². The molecule has 1 N–H and O–H groups in total. The largest absolute Gasteiger partial charge is 0.337 e. The Morgan fingerprint density at radius 3 is 3.00 bits per heavy atom. The van der Waals surface area contributed by atoms with Gasteiger partial charge in [0.2, 0.25) is 0 Å². The molecule has 0 aliphatic heterocycles. The Morgan fingerprint density at radius 2 is 2.36 bits per heavy atom. The van der Waals surface area contributed by atoms with Crippen molar-refractivity contribution in [3.8, 4) is 0 Å². The van der Waals surface area contributed by atoms with Crippen LogP contribution in [0, 0.1) is 0 Å². The second-order valence-corrected chi connectivity index (χ2v) is 4.36. The van der Waals surface area contributed by atoms with E-state index >= 15 is 0 Å². The summed E-state index contributed by atoms with van der Waals surface area (Å²) in [5, 5.41) is 3.42. The van der Waals surface area contributed by atoms with Gasteiger partial charge in [0.05, 0.1) is 12.0 Å². The lowest BCUT2D eigenvalue weighted by Gasteiger charge is -2.04. The van der Waals surface area contributed by atoms with E-state index in [0.29, 0.717) is 0 Å². The number of aryl methyl sites for hydroxylation is 1. The number of hydrogen-bond acceptors (Lipinski definition) is 3. The van der Waals surface area contributed by atoms with Gasteiger partial charge >= 0.3 is 0 Å². The molecular weight excluding hydrogens is 194 g/mol. The van der Waals surface area contributed by atoms with E-state index in [9.17, 15) is 0 Å². The number of rotatable bonds is 7. The third kappa shape index (κ3) is 4.15. The molecule has 4 heteroatoms. The van der Waals surface area contributed by atoms with Gasteiger partial charge in [-0.1, -0.05) is 0 Å². The first kappa shape index (κ1) is 11.6. The molecule has 1 aromatic heterocycles. The molecule has 0 atom stereocenters. The van der Waals surface area contributed by atoms with E-state index in [1.165, 1.54) is 24.3 Å². The van der Waals surface area contributed by atoms with Gasteiger partial charge in [0, 0.05) is 19.8 Å². The van der Waals surface area contributed by atoms with Crippen LogP contribution in [0.4, 0.5) is 0 Å². The fourth-order valence-electron chi connectivity index (χ4n) is 1.27. The van der Waals surface area contributed by atoms with Crippen molar-refractivity contribution >= 4 is 11.8 Å². The summed E-state index contributed by atoms with van der Waals surface area (Å²) in [5.41, 5.74) is 1.25. The first-order chi connectivity index (χ1) is 6.84. The minimum Gasteiger partial charge on any atom is -0.337 e. The van der Waals surface area contributed by atoms with E-state index < -0.39 is 0 Å². The zero-order chi connectivity index (χ0) is 10.2. The molecule has 0 bridgehead atoms. The van der Waals surface area contributed by atoms with Crippen molar-refractivity contribution in [2.75, 3.05) is 18.6 Å². The highest BCUT2D eigenvalue weighted by molar-refractivity contribution is 7.98. The van der Waals surface area contributed by atoms with Crippen LogP contribution in [-0.4, -0.2) is 28.1 Å². The molecule has 1 aromatic rings. The number of nitrogens with one attached hydrogen (secondary N) is 1. The molecule has 0 fully saturated rings. The van der Waals surface area contributed by atoms with Crippen LogP contribution in [0.15, 0.2) is 12.5 Å². The highest BCUT2D eigenvalue weighted by Crippen LogP contribution is 1.99. The van der Waals surface area contributed by atoms with Gasteiger partial charge in [-0.3, -0.25) is 0 Å². The predicted molar refractivity (Wildman–Crippen MR) is 62.5 cm³/mol. The van der Waals surface area contributed by atoms with Gasteiger partial charge < -0.3 is 9.88 Å². The topological polar surface area (TPSA) is 29.9 Å². The third-order valence-electron chi connectivity index (χ3n) is 2.17. The summed E-state index contributed by atoms with van der Waals surface area (Å²) in [4.78, 5) is 4.07. The molecule has 0 unspecified atom stereocenters. The van der Waals surface area contributed by atoms with Crippen molar-refractivity contribution in [1.29, 1.82) is 0 Å². The summed E-state index contributed by atoms with van der Waals surface area (Å²) >= 11 is 1.92. The van der Waals surface area contributed by atoms with E-state index in [4.69, 9.17) is 0 Å². The average Bonchev–Trinajstić information content (AvgIpc) is 2.58. The lowest BCUT2D eigenvalue weighted by Crippen LogP contribution is -2.16. The third-order valence-corrected chi connectivity index (χ3v) is 2.87. The Labute approximate surface area is 90.3 Å². The predicted octanol–water partition coefficient (Wildman–Crippen LogP) is 1.65. The van der Waals surface area contributed by atoms with E-state index in [0.717, 1.165) is 13.1 Å². The second kappa shape index (κ2) is 6.90. The summed E-state index contributed by atoms with van der Waals surface area (Å²) < 4.78 is 2.05. The Hall–Kier alpha value is -0.480. The standard InChI is InChI=1S/C10H19N3S/c1-13-9-12-8-10(13)7-11-5-3-4-6-14-2/h8-9,11H,3-7H2,1-2H3. The van der Waals surface area contributed by atoms with Crippen molar-refractivity contribution < 1.29 is 0 Å². The molecule has 1 rings (SSSR count). The summed E-state index contributed by atoms with van der Waals surface area (Å²) in [6, 6.07) is 0. The zero-order valence-electron chi connectivity index (χ0n) is 8.99. The maximum Gasteiger partial charge on any atom is 0.0945 e. The number of unbranched alkanes of at least 4 members (excludes halogenated alkanes) is 1. The van der Waals surface area contributed by atoms with Crippen LogP contribution in [0.25, 0.3) is 0 Å². The molecule has 0 radical (unpaired) electrons. The van der Waals surface area contributed by atoms with Gasteiger partial charge in [0.25, 0.3) is 0 Å². The van der Waals surface area contributed by atoms with Crippen LogP contribution >= 0.6 is 11.8 Å². The minimum absolute atomic E-state index is 0.926. The number of hydrogen-bond donors (Lipinski definition) is 1. The number of aromatic nitrogens is 2. The Morgan fingerprint density at radius 1 is 1.50 bits per heavy atom. The molecule has 0 aromatic carbocycles. The monoisotopic (exact) mass is 213 g/mol. The Bertz CT molecular complexity index is 247. The van der Waals surface area contributed by atoms with Gasteiger partial charge in [-0.05, 0) is 31.4 Å². The van der Waals surface area contributed by atoms with Crippen molar-refractivity contribution in [1.82, 2.24) is 14.9 Å². The van der Waals surface area contributed by atoms with Gasteiger partial charge in [-0.2, -0.15) is 11.8 Å². The maximum atomic E-state index is 4.07. The molecule has 0 aliphatic rings. The van der Waals surface area contributed by atoms with Crippen molar-refractivity contribution in [3.05, 3.63) is 18.2 Å². The van der Waals surface area contributed by atoms with Crippen LogP contribution in [0.3, 0.4) is 0 Å². The van der Waals surface area contributed by atoms with Gasteiger partial charge in [0.1, 0.15) is 0 Å². The van der Waals surface area contributed by atoms with Crippen LogP contribution in [0.5, 0.6) is 0 Å². The smallest absolute Gasteiger partial charge is 0.0945 e. The molecule has 3 nitrogen and oxygen atoms in total. The highest BCUT2D eigenvalue weighted by atomic mass is 32.2. The van der Waals surface area contributed by atoms with Crippen LogP contribution in [0.2, 0.25) is 0 Å². The fourth-order valence-corrected chi connectivity index (χ4v) is 1.76. The molecule has 0 spiro atoms. The number of thioether (sulfide) groups is 1. The summed E-state index contributed by atoms with van der Waals surface area (Å²) in [5.74, 6) is 1.27. The molecule has 0 saturated carbocycles. The SMILES string of the molecule is CSCCCCNCc1cncn1C. The normalized spacial score (nSPS) is 10.7. The molecule has 0 saturated heterocycles. The van der Waals surface area contributed by atoms with E-state index in [1.807, 2.05) is 31.3 Å². The van der Waals surface area contributed by atoms with Crippen molar-refractivity contribution in [2.24, 2.45) is 7.05 Å². The molecule has 0 amide bonds. The van der Waals surface area contributed by atoms with Crippen LogP contribution in [0.1, 0.15) is 18.5 Å². The Kier molecular flexibility index (Phi) is 5.71. The van der Waals surface area contributed by atoms with Crippen LogP contribution in [-0.2, 0) is 13.6 Å². The lowest BCUT2D eigenvalue weighted by atomic mass is 10.3. The molecule has 14 heavy (non-hydrogen) atoms. The summed E-state index contributed by atoms with van der Waals surface area (Å²) in [7, 11) is 2.03. The molecule has 80 valence electrons. The van der Waals surface area contributed by atoms with E-state index in [-0.39, 0.29) is 0 Å². The Balaban J connectivity index is 2.02. The zero-order valence-corrected chi connectivity index (χ0v) is 9.81. The van der Waals surface area contributed by atoms with Gasteiger partial charge in [0.15, 0.2) is 0 Å². The highest BCUT2D eigenvalue weighted by Gasteiger charge is 1.96. The fraction of sp³-hybridized carbons (Fsp3) is 0.700. The van der Waals surface area contributed by atoms with Gasteiger partial charge in [-0.15, -0.1) is 0 Å². The maximum absolute atomic E-state index is 4.07. The van der Waals surface area contributed by atoms with E-state index in [1.54, 1.807) is 0 Å². The molecule has 0 aliphatic carbocycles. The quantitative estimate of drug-likeness (QED) is 0.699. The molecule has 1 heterocycles. The minimum atomic E-state index is 0.926. The summed E-state index contributed by atoms with van der Waals surface area (Å²) in [6.45, 7) is 2.03. The average molecular weight is 213 g/mol. The lowest BCUT2D eigenvalue weighted by molar-refractivity contribution is 0.621. The van der Waals surface area contributed by atoms with Crippen LogP contribution < -0.4 is 5.32 Å². The number of imidazole rings is 1. The first-order valence-corrected chi connectivity index (χ1v) is 6.39. The second-order valence-electron chi connectivity index (χ2n) is 3.37.